The monoisotopic (exact) mass is 110 g/mol. The minimum atomic E-state index is 0.294. The first-order chi connectivity index (χ1) is 3.83. The van der Waals surface area contributed by atoms with Gasteiger partial charge < -0.3 is 4.79 Å². The molecular formula is C7H10O. The summed E-state index contributed by atoms with van der Waals surface area (Å²) < 4.78 is 0. The topological polar surface area (TPSA) is 17.1 Å². The van der Waals surface area contributed by atoms with Crippen LogP contribution >= 0.6 is 0 Å². The van der Waals surface area contributed by atoms with Gasteiger partial charge in [0.1, 0.15) is 6.29 Å². The molecule has 0 aliphatic heterocycles. The first-order valence-corrected chi connectivity index (χ1v) is 2.95. The zero-order valence-corrected chi connectivity index (χ0v) is 4.89. The van der Waals surface area contributed by atoms with E-state index in [1.807, 2.05) is 0 Å². The van der Waals surface area contributed by atoms with Crippen molar-refractivity contribution >= 4 is 6.29 Å². The second-order valence-electron chi connectivity index (χ2n) is 2.39. The fraction of sp³-hybridized carbons (Fsp3) is 0.571. The Balaban J connectivity index is 2.43. The summed E-state index contributed by atoms with van der Waals surface area (Å²) in [5.41, 5.74) is 1.24. The van der Waals surface area contributed by atoms with Gasteiger partial charge in [0.05, 0.1) is 0 Å². The number of carbonyl (C=O) groups excluding carboxylic acids is 1. The number of hydrogen-bond acceptors (Lipinski definition) is 1. The highest BCUT2D eigenvalue weighted by molar-refractivity contribution is 5.55. The molecule has 1 heteroatoms. The Morgan fingerprint density at radius 3 is 2.75 bits per heavy atom. The molecule has 0 aromatic heterocycles. The van der Waals surface area contributed by atoms with Crippen LogP contribution in [0.4, 0.5) is 0 Å². The number of rotatable bonds is 1. The van der Waals surface area contributed by atoms with Crippen LogP contribution in [0.5, 0.6) is 0 Å². The van der Waals surface area contributed by atoms with Crippen LogP contribution in [-0.2, 0) is 4.79 Å². The molecule has 0 heterocycles. The SMILES string of the molecule is C=C1CCC(C=O)C1. The molecule has 1 rings (SSSR count). The molecule has 44 valence electrons. The summed E-state index contributed by atoms with van der Waals surface area (Å²) in [4.78, 5) is 10.1. The molecule has 1 aliphatic rings. The van der Waals surface area contributed by atoms with E-state index in [0.717, 1.165) is 25.5 Å². The van der Waals surface area contributed by atoms with E-state index >= 15 is 0 Å². The summed E-state index contributed by atoms with van der Waals surface area (Å²) in [5, 5.41) is 0. The second-order valence-corrected chi connectivity index (χ2v) is 2.39. The number of carbonyl (C=O) groups is 1. The normalized spacial score (nSPS) is 28.5. The van der Waals surface area contributed by atoms with Gasteiger partial charge >= 0.3 is 0 Å². The smallest absolute Gasteiger partial charge is 0.123 e. The summed E-state index contributed by atoms with van der Waals surface area (Å²) >= 11 is 0. The molecule has 1 atom stereocenters. The minimum Gasteiger partial charge on any atom is -0.303 e. The van der Waals surface area contributed by atoms with Crippen molar-refractivity contribution in [2.75, 3.05) is 0 Å². The lowest BCUT2D eigenvalue weighted by molar-refractivity contribution is -0.110. The maximum atomic E-state index is 10.1. The lowest BCUT2D eigenvalue weighted by Gasteiger charge is -1.91. The van der Waals surface area contributed by atoms with Crippen molar-refractivity contribution in [3.05, 3.63) is 12.2 Å². The Kier molecular flexibility index (Phi) is 1.47. The van der Waals surface area contributed by atoms with E-state index in [1.54, 1.807) is 0 Å². The standard InChI is InChI=1S/C7H10O/c1-6-2-3-7(4-6)5-8/h5,7H,1-4H2. The molecule has 1 fully saturated rings. The lowest BCUT2D eigenvalue weighted by atomic mass is 10.1. The van der Waals surface area contributed by atoms with Crippen molar-refractivity contribution in [1.82, 2.24) is 0 Å². The Morgan fingerprint density at radius 2 is 2.50 bits per heavy atom. The first-order valence-electron chi connectivity index (χ1n) is 2.95. The van der Waals surface area contributed by atoms with Crippen LogP contribution in [0.1, 0.15) is 19.3 Å². The van der Waals surface area contributed by atoms with Crippen LogP contribution in [0, 0.1) is 5.92 Å². The Bertz CT molecular complexity index is 116. The predicted octanol–water partition coefficient (Wildman–Crippen LogP) is 1.54. The summed E-state index contributed by atoms with van der Waals surface area (Å²) in [7, 11) is 0. The van der Waals surface area contributed by atoms with Crippen LogP contribution in [-0.4, -0.2) is 6.29 Å². The van der Waals surface area contributed by atoms with Crippen LogP contribution in [0.15, 0.2) is 12.2 Å². The van der Waals surface area contributed by atoms with Crippen LogP contribution < -0.4 is 0 Å². The van der Waals surface area contributed by atoms with Crippen LogP contribution in [0.25, 0.3) is 0 Å². The molecule has 0 N–H and O–H groups in total. The molecule has 8 heavy (non-hydrogen) atoms. The van der Waals surface area contributed by atoms with E-state index < -0.39 is 0 Å². The molecular weight excluding hydrogens is 100 g/mol. The van der Waals surface area contributed by atoms with Crippen molar-refractivity contribution in [3.8, 4) is 0 Å². The number of aldehydes is 1. The maximum Gasteiger partial charge on any atom is 0.123 e. The van der Waals surface area contributed by atoms with Gasteiger partial charge in [-0.3, -0.25) is 0 Å². The third-order valence-electron chi connectivity index (χ3n) is 1.61. The van der Waals surface area contributed by atoms with Gasteiger partial charge in [-0.25, -0.2) is 0 Å². The Hall–Kier alpha value is -0.590. The van der Waals surface area contributed by atoms with Crippen molar-refractivity contribution in [2.45, 2.75) is 19.3 Å². The first kappa shape index (κ1) is 5.54. The molecule has 0 amide bonds. The van der Waals surface area contributed by atoms with E-state index in [1.165, 1.54) is 5.57 Å². The predicted molar refractivity (Wildman–Crippen MR) is 32.5 cm³/mol. The molecule has 1 unspecified atom stereocenters. The third kappa shape index (κ3) is 0.971. The van der Waals surface area contributed by atoms with Crippen molar-refractivity contribution in [1.29, 1.82) is 0 Å². The lowest BCUT2D eigenvalue weighted by Crippen LogP contribution is -1.91. The van der Waals surface area contributed by atoms with Gasteiger partial charge in [0.15, 0.2) is 0 Å². The van der Waals surface area contributed by atoms with E-state index in [0.29, 0.717) is 5.92 Å². The van der Waals surface area contributed by atoms with Gasteiger partial charge in [0.25, 0.3) is 0 Å². The highest BCUT2D eigenvalue weighted by atomic mass is 16.1. The fourth-order valence-corrected chi connectivity index (χ4v) is 1.08. The Morgan fingerprint density at radius 1 is 1.75 bits per heavy atom. The van der Waals surface area contributed by atoms with Gasteiger partial charge in [-0.05, 0) is 19.3 Å². The molecule has 0 spiro atoms. The zero-order valence-electron chi connectivity index (χ0n) is 4.89. The summed E-state index contributed by atoms with van der Waals surface area (Å²) in [5.74, 6) is 0.294. The Labute approximate surface area is 49.4 Å². The molecule has 0 saturated heterocycles. The third-order valence-corrected chi connectivity index (χ3v) is 1.61. The zero-order chi connectivity index (χ0) is 5.98. The summed E-state index contributed by atoms with van der Waals surface area (Å²) in [6, 6.07) is 0. The maximum absolute atomic E-state index is 10.1. The van der Waals surface area contributed by atoms with E-state index in [-0.39, 0.29) is 0 Å². The largest absolute Gasteiger partial charge is 0.303 e. The molecule has 1 nitrogen and oxygen atoms in total. The summed E-state index contributed by atoms with van der Waals surface area (Å²) in [6.07, 6.45) is 4.06. The van der Waals surface area contributed by atoms with Crippen LogP contribution in [0.2, 0.25) is 0 Å². The van der Waals surface area contributed by atoms with Gasteiger partial charge in [-0.2, -0.15) is 0 Å². The van der Waals surface area contributed by atoms with Gasteiger partial charge in [-0.15, -0.1) is 0 Å². The van der Waals surface area contributed by atoms with Gasteiger partial charge in [-0.1, -0.05) is 12.2 Å². The quantitative estimate of drug-likeness (QED) is 0.369. The van der Waals surface area contributed by atoms with Gasteiger partial charge in [0.2, 0.25) is 0 Å². The van der Waals surface area contributed by atoms with Gasteiger partial charge in [0, 0.05) is 5.92 Å². The second kappa shape index (κ2) is 2.12. The molecule has 0 bridgehead atoms. The number of hydrogen-bond donors (Lipinski definition) is 0. The van der Waals surface area contributed by atoms with E-state index in [9.17, 15) is 4.79 Å². The molecule has 0 aromatic carbocycles. The van der Waals surface area contributed by atoms with Crippen molar-refractivity contribution in [2.24, 2.45) is 5.92 Å². The number of allylic oxidation sites excluding steroid dienone is 1. The minimum absolute atomic E-state index is 0.294. The van der Waals surface area contributed by atoms with Crippen molar-refractivity contribution < 1.29 is 4.79 Å². The molecule has 1 aliphatic carbocycles. The van der Waals surface area contributed by atoms with E-state index in [4.69, 9.17) is 0 Å². The van der Waals surface area contributed by atoms with Crippen molar-refractivity contribution in [3.63, 3.8) is 0 Å². The van der Waals surface area contributed by atoms with Crippen LogP contribution in [0.3, 0.4) is 0 Å². The highest BCUT2D eigenvalue weighted by Crippen LogP contribution is 2.26. The average Bonchev–Trinajstić information content (AvgIpc) is 2.14. The van der Waals surface area contributed by atoms with E-state index in [2.05, 4.69) is 6.58 Å². The fourth-order valence-electron chi connectivity index (χ4n) is 1.08. The average molecular weight is 110 g/mol. The molecule has 0 aromatic rings. The molecule has 0 radical (unpaired) electrons. The molecule has 1 saturated carbocycles. The summed E-state index contributed by atoms with van der Waals surface area (Å²) in [6.45, 7) is 3.79. The highest BCUT2D eigenvalue weighted by Gasteiger charge is 2.15.